The van der Waals surface area contributed by atoms with Crippen molar-refractivity contribution in [2.45, 2.75) is 19.3 Å². The van der Waals surface area contributed by atoms with Crippen molar-refractivity contribution in [2.24, 2.45) is 11.8 Å². The van der Waals surface area contributed by atoms with Gasteiger partial charge in [0.15, 0.2) is 0 Å². The van der Waals surface area contributed by atoms with Gasteiger partial charge in [-0.15, -0.1) is 0 Å². The third kappa shape index (κ3) is 3.83. The Morgan fingerprint density at radius 3 is 3.00 bits per heavy atom. The number of rotatable bonds is 4. The van der Waals surface area contributed by atoms with Crippen LogP contribution in [-0.2, 0) is 11.2 Å². The molecule has 0 radical (unpaired) electrons. The summed E-state index contributed by atoms with van der Waals surface area (Å²) in [5.41, 5.74) is 1.07. The fraction of sp³-hybridized carbons (Fsp3) is 0.632. The lowest BCUT2D eigenvalue weighted by Gasteiger charge is -2.37. The van der Waals surface area contributed by atoms with Gasteiger partial charge < -0.3 is 19.3 Å². The normalized spacial score (nSPS) is 23.6. The minimum atomic E-state index is -0.0808. The number of nitrogens with zero attached hydrogens (tertiary/aromatic N) is 2. The van der Waals surface area contributed by atoms with Crippen LogP contribution in [0.1, 0.15) is 18.4 Å². The van der Waals surface area contributed by atoms with Gasteiger partial charge in [0.2, 0.25) is 5.91 Å². The Hall–Kier alpha value is -1.75. The van der Waals surface area contributed by atoms with E-state index in [4.69, 9.17) is 9.47 Å². The maximum absolute atomic E-state index is 12.9. The third-order valence-electron chi connectivity index (χ3n) is 4.98. The van der Waals surface area contributed by atoms with Crippen molar-refractivity contribution in [3.63, 3.8) is 0 Å². The highest BCUT2D eigenvalue weighted by Crippen LogP contribution is 2.32. The van der Waals surface area contributed by atoms with E-state index in [1.807, 2.05) is 18.2 Å². The van der Waals surface area contributed by atoms with E-state index in [1.54, 1.807) is 7.11 Å². The summed E-state index contributed by atoms with van der Waals surface area (Å²) < 4.78 is 11.1. The zero-order valence-electron chi connectivity index (χ0n) is 15.0. The van der Waals surface area contributed by atoms with E-state index in [1.165, 1.54) is 6.42 Å². The highest BCUT2D eigenvalue weighted by atomic mass is 16.5. The lowest BCUT2D eigenvalue weighted by molar-refractivity contribution is -0.138. The molecule has 1 aromatic carbocycles. The maximum Gasteiger partial charge on any atom is 0.229 e. The van der Waals surface area contributed by atoms with Gasteiger partial charge in [-0.2, -0.15) is 0 Å². The van der Waals surface area contributed by atoms with Crippen molar-refractivity contribution >= 4 is 5.91 Å². The quantitative estimate of drug-likeness (QED) is 0.846. The Morgan fingerprint density at radius 2 is 2.25 bits per heavy atom. The maximum atomic E-state index is 12.9. The number of carbonyl (C=O) groups excluding carboxylic acids is 1. The number of carbonyl (C=O) groups is 1. The van der Waals surface area contributed by atoms with Crippen molar-refractivity contribution in [3.8, 4) is 11.5 Å². The van der Waals surface area contributed by atoms with Crippen LogP contribution in [0.3, 0.4) is 0 Å². The molecule has 132 valence electrons. The van der Waals surface area contributed by atoms with Gasteiger partial charge in [-0.25, -0.2) is 0 Å². The molecule has 1 amide bonds. The molecule has 1 saturated heterocycles. The molecule has 1 aromatic rings. The van der Waals surface area contributed by atoms with Gasteiger partial charge in [-0.1, -0.05) is 0 Å². The van der Waals surface area contributed by atoms with Crippen LogP contribution in [0.25, 0.3) is 0 Å². The van der Waals surface area contributed by atoms with Gasteiger partial charge in [-0.05, 0) is 63.0 Å². The van der Waals surface area contributed by atoms with Gasteiger partial charge in [0.1, 0.15) is 18.1 Å². The third-order valence-corrected chi connectivity index (χ3v) is 4.98. The van der Waals surface area contributed by atoms with Crippen LogP contribution in [-0.4, -0.2) is 63.2 Å². The standard InChI is InChI=1S/C19H28N2O3/c1-20(2)11-14-5-4-8-21(12-14)19(22)16-9-15-10-17(23-3)6-7-18(15)24-13-16/h6-7,10,14,16H,4-5,8-9,11-13H2,1-3H3/t14-,16-/m1/s1. The van der Waals surface area contributed by atoms with Gasteiger partial charge >= 0.3 is 0 Å². The number of piperidine rings is 1. The summed E-state index contributed by atoms with van der Waals surface area (Å²) in [7, 11) is 5.85. The largest absolute Gasteiger partial charge is 0.497 e. The summed E-state index contributed by atoms with van der Waals surface area (Å²) in [4.78, 5) is 17.2. The van der Waals surface area contributed by atoms with E-state index in [2.05, 4.69) is 23.9 Å². The Labute approximate surface area is 144 Å². The Morgan fingerprint density at radius 1 is 1.42 bits per heavy atom. The summed E-state index contributed by atoms with van der Waals surface area (Å²) in [5.74, 6) is 2.43. The van der Waals surface area contributed by atoms with Gasteiger partial charge in [0.25, 0.3) is 0 Å². The van der Waals surface area contributed by atoms with E-state index < -0.39 is 0 Å². The molecule has 0 saturated carbocycles. The Bertz CT molecular complexity index is 588. The number of ether oxygens (including phenoxy) is 2. The zero-order chi connectivity index (χ0) is 17.1. The Kier molecular flexibility index (Phi) is 5.29. The second kappa shape index (κ2) is 7.43. The fourth-order valence-corrected chi connectivity index (χ4v) is 3.85. The topological polar surface area (TPSA) is 42.0 Å². The second-order valence-corrected chi connectivity index (χ2v) is 7.24. The molecule has 0 N–H and O–H groups in total. The van der Waals surface area contributed by atoms with E-state index in [0.717, 1.165) is 49.5 Å². The molecular formula is C19H28N2O3. The SMILES string of the molecule is COc1ccc2c(c1)C[C@@H](C(=O)N1CCC[C@H](CN(C)C)C1)CO2. The number of methoxy groups -OCH3 is 1. The Balaban J connectivity index is 1.65. The molecule has 2 heterocycles. The molecule has 0 bridgehead atoms. The average Bonchev–Trinajstić information content (AvgIpc) is 2.59. The lowest BCUT2D eigenvalue weighted by atomic mass is 9.92. The second-order valence-electron chi connectivity index (χ2n) is 7.24. The van der Waals surface area contributed by atoms with E-state index >= 15 is 0 Å². The van der Waals surface area contributed by atoms with Crippen LogP contribution in [0.15, 0.2) is 18.2 Å². The number of likely N-dealkylation sites (tertiary alicyclic amines) is 1. The summed E-state index contributed by atoms with van der Waals surface area (Å²) in [6, 6.07) is 5.82. The first kappa shape index (κ1) is 17.1. The predicted octanol–water partition coefficient (Wildman–Crippen LogP) is 2.05. The van der Waals surface area contributed by atoms with Crippen LogP contribution in [0.5, 0.6) is 11.5 Å². The molecule has 2 aliphatic heterocycles. The summed E-state index contributed by atoms with van der Waals surface area (Å²) in [6.07, 6.45) is 3.05. The van der Waals surface area contributed by atoms with Crippen LogP contribution in [0, 0.1) is 11.8 Å². The molecular weight excluding hydrogens is 304 g/mol. The summed E-state index contributed by atoms with van der Waals surface area (Å²) in [6.45, 7) is 3.28. The van der Waals surface area contributed by atoms with Crippen molar-refractivity contribution in [1.29, 1.82) is 0 Å². The van der Waals surface area contributed by atoms with Crippen molar-refractivity contribution in [3.05, 3.63) is 23.8 Å². The number of fused-ring (bicyclic) bond motifs is 1. The summed E-state index contributed by atoms with van der Waals surface area (Å²) >= 11 is 0. The van der Waals surface area contributed by atoms with E-state index in [9.17, 15) is 4.79 Å². The first-order valence-corrected chi connectivity index (χ1v) is 8.80. The van der Waals surface area contributed by atoms with Crippen LogP contribution in [0.4, 0.5) is 0 Å². The molecule has 3 rings (SSSR count). The summed E-state index contributed by atoms with van der Waals surface area (Å²) in [5, 5.41) is 0. The van der Waals surface area contributed by atoms with Crippen LogP contribution < -0.4 is 9.47 Å². The number of hydrogen-bond acceptors (Lipinski definition) is 4. The molecule has 5 nitrogen and oxygen atoms in total. The molecule has 0 spiro atoms. The van der Waals surface area contributed by atoms with E-state index in [-0.39, 0.29) is 11.8 Å². The first-order valence-electron chi connectivity index (χ1n) is 8.80. The molecule has 1 fully saturated rings. The molecule has 5 heteroatoms. The van der Waals surface area contributed by atoms with Crippen molar-refractivity contribution in [1.82, 2.24) is 9.80 Å². The van der Waals surface area contributed by atoms with Crippen LogP contribution >= 0.6 is 0 Å². The molecule has 0 aromatic heterocycles. The smallest absolute Gasteiger partial charge is 0.229 e. The molecule has 2 atom stereocenters. The molecule has 24 heavy (non-hydrogen) atoms. The minimum Gasteiger partial charge on any atom is -0.497 e. The fourth-order valence-electron chi connectivity index (χ4n) is 3.85. The highest BCUT2D eigenvalue weighted by molar-refractivity contribution is 5.80. The monoisotopic (exact) mass is 332 g/mol. The molecule has 2 aliphatic rings. The number of hydrogen-bond donors (Lipinski definition) is 0. The number of benzene rings is 1. The highest BCUT2D eigenvalue weighted by Gasteiger charge is 2.32. The first-order chi connectivity index (χ1) is 11.6. The predicted molar refractivity (Wildman–Crippen MR) is 93.5 cm³/mol. The zero-order valence-corrected chi connectivity index (χ0v) is 15.0. The van der Waals surface area contributed by atoms with E-state index in [0.29, 0.717) is 12.5 Å². The van der Waals surface area contributed by atoms with Crippen molar-refractivity contribution < 1.29 is 14.3 Å². The average molecular weight is 332 g/mol. The minimum absolute atomic E-state index is 0.0808. The van der Waals surface area contributed by atoms with Crippen LogP contribution in [0.2, 0.25) is 0 Å². The molecule has 0 aliphatic carbocycles. The van der Waals surface area contributed by atoms with Crippen molar-refractivity contribution in [2.75, 3.05) is 47.4 Å². The molecule has 0 unspecified atom stereocenters. The van der Waals surface area contributed by atoms with Gasteiger partial charge in [0.05, 0.1) is 13.0 Å². The lowest BCUT2D eigenvalue weighted by Crippen LogP contribution is -2.47. The number of amides is 1. The van der Waals surface area contributed by atoms with Gasteiger partial charge in [0, 0.05) is 19.6 Å². The van der Waals surface area contributed by atoms with Gasteiger partial charge in [-0.3, -0.25) is 4.79 Å².